The normalized spacial score (nSPS) is 14.9. The minimum absolute atomic E-state index is 0.210. The number of hydrogen-bond donors (Lipinski definition) is 0. The molecule has 2 heterocycles. The number of hydrogen-bond acceptors (Lipinski definition) is 4. The van der Waals surface area contributed by atoms with E-state index in [1.165, 1.54) is 16.8 Å². The van der Waals surface area contributed by atoms with Gasteiger partial charge in [-0.15, -0.1) is 0 Å². The van der Waals surface area contributed by atoms with Crippen molar-refractivity contribution in [2.45, 2.75) is 6.54 Å². The first-order chi connectivity index (χ1) is 13.7. The Bertz CT molecular complexity index is 998. The Kier molecular flexibility index (Phi) is 5.60. The summed E-state index contributed by atoms with van der Waals surface area (Å²) in [5, 5.41) is 4.59. The summed E-state index contributed by atoms with van der Waals surface area (Å²) in [6.07, 6.45) is 0. The molecule has 0 saturated carbocycles. The molecule has 3 aromatic rings. The molecule has 0 unspecified atom stereocenters. The Labute approximate surface area is 163 Å². The Morgan fingerprint density at radius 2 is 1.68 bits per heavy atom. The minimum atomic E-state index is -0.366. The third kappa shape index (κ3) is 4.18. The van der Waals surface area contributed by atoms with Gasteiger partial charge in [0.1, 0.15) is 5.82 Å². The van der Waals surface area contributed by atoms with Crippen LogP contribution < -0.4 is 5.56 Å². The fourth-order valence-electron chi connectivity index (χ4n) is 3.37. The van der Waals surface area contributed by atoms with Crippen LogP contribution in [0.3, 0.4) is 0 Å². The predicted octanol–water partition coefficient (Wildman–Crippen LogP) is 3.05. The maximum absolute atomic E-state index is 13.8. The third-order valence-corrected chi connectivity index (χ3v) is 4.91. The van der Waals surface area contributed by atoms with E-state index in [0.29, 0.717) is 36.6 Å². The van der Waals surface area contributed by atoms with Crippen LogP contribution in [0.15, 0.2) is 65.5 Å². The largest absolute Gasteiger partial charge is 0.379 e. The van der Waals surface area contributed by atoms with Gasteiger partial charge >= 0.3 is 0 Å². The van der Waals surface area contributed by atoms with Crippen molar-refractivity contribution in [1.29, 1.82) is 0 Å². The second-order valence-corrected chi connectivity index (χ2v) is 6.80. The first kappa shape index (κ1) is 18.5. The number of aromatic nitrogens is 2. The molecule has 5 nitrogen and oxygen atoms in total. The van der Waals surface area contributed by atoms with Crippen LogP contribution in [0.4, 0.5) is 4.39 Å². The summed E-state index contributed by atoms with van der Waals surface area (Å²) < 4.78 is 20.6. The lowest BCUT2D eigenvalue weighted by Crippen LogP contribution is -2.39. The molecule has 144 valence electrons. The number of ether oxygens (including phenoxy) is 1. The highest BCUT2D eigenvalue weighted by molar-refractivity contribution is 5.69. The summed E-state index contributed by atoms with van der Waals surface area (Å²) in [6.45, 7) is 4.31. The van der Waals surface area contributed by atoms with Gasteiger partial charge in [-0.05, 0) is 23.8 Å². The molecule has 0 bridgehead atoms. The van der Waals surface area contributed by atoms with E-state index >= 15 is 0 Å². The minimum Gasteiger partial charge on any atom is -0.379 e. The maximum atomic E-state index is 13.8. The Morgan fingerprint density at radius 3 is 2.43 bits per heavy atom. The molecule has 0 N–H and O–H groups in total. The van der Waals surface area contributed by atoms with Gasteiger partial charge < -0.3 is 4.74 Å². The summed E-state index contributed by atoms with van der Waals surface area (Å²) in [6, 6.07) is 17.6. The maximum Gasteiger partial charge on any atom is 0.274 e. The zero-order valence-electron chi connectivity index (χ0n) is 15.6. The van der Waals surface area contributed by atoms with E-state index in [0.717, 1.165) is 25.2 Å². The van der Waals surface area contributed by atoms with Crippen LogP contribution in [-0.2, 0) is 11.3 Å². The van der Waals surface area contributed by atoms with Gasteiger partial charge in [-0.25, -0.2) is 9.07 Å². The van der Waals surface area contributed by atoms with Crippen molar-refractivity contribution in [3.05, 3.63) is 76.8 Å². The van der Waals surface area contributed by atoms with Crippen LogP contribution in [0.2, 0.25) is 0 Å². The SMILES string of the molecule is O=c1c(-c2cccc(F)c2)cc(-c2ccccc2)nn1CCN1CCOCC1. The van der Waals surface area contributed by atoms with E-state index in [1.54, 1.807) is 18.2 Å². The first-order valence-corrected chi connectivity index (χ1v) is 9.44. The number of halogens is 1. The standard InChI is InChI=1S/C22H22FN3O2/c23-19-8-4-7-18(15-19)20-16-21(17-5-2-1-3-6-17)24-26(22(20)27)10-9-25-11-13-28-14-12-25/h1-8,15-16H,9-14H2. The zero-order valence-corrected chi connectivity index (χ0v) is 15.6. The number of morpholine rings is 1. The van der Waals surface area contributed by atoms with Gasteiger partial charge in [0.2, 0.25) is 0 Å². The van der Waals surface area contributed by atoms with Crippen molar-refractivity contribution in [2.75, 3.05) is 32.8 Å². The average Bonchev–Trinajstić information content (AvgIpc) is 2.74. The molecule has 0 atom stereocenters. The molecule has 28 heavy (non-hydrogen) atoms. The van der Waals surface area contributed by atoms with E-state index in [4.69, 9.17) is 4.74 Å². The number of benzene rings is 2. The quantitative estimate of drug-likeness (QED) is 0.684. The van der Waals surface area contributed by atoms with Crippen LogP contribution in [0, 0.1) is 5.82 Å². The predicted molar refractivity (Wildman–Crippen MR) is 107 cm³/mol. The average molecular weight is 379 g/mol. The fourth-order valence-corrected chi connectivity index (χ4v) is 3.37. The van der Waals surface area contributed by atoms with Crippen molar-refractivity contribution in [1.82, 2.24) is 14.7 Å². The van der Waals surface area contributed by atoms with Crippen molar-refractivity contribution in [3.63, 3.8) is 0 Å². The summed E-state index contributed by atoms with van der Waals surface area (Å²) in [5.74, 6) is -0.366. The van der Waals surface area contributed by atoms with Crippen LogP contribution in [-0.4, -0.2) is 47.5 Å². The molecule has 1 saturated heterocycles. The van der Waals surface area contributed by atoms with Gasteiger partial charge in [0.05, 0.1) is 31.0 Å². The van der Waals surface area contributed by atoms with Gasteiger partial charge in [-0.3, -0.25) is 9.69 Å². The molecule has 1 aliphatic heterocycles. The van der Waals surface area contributed by atoms with Crippen molar-refractivity contribution >= 4 is 0 Å². The number of rotatable bonds is 5. The molecule has 1 aliphatic rings. The molecule has 2 aromatic carbocycles. The molecule has 0 amide bonds. The fraction of sp³-hybridized carbons (Fsp3) is 0.273. The van der Waals surface area contributed by atoms with E-state index in [1.807, 2.05) is 30.3 Å². The molecule has 1 aromatic heterocycles. The van der Waals surface area contributed by atoms with Crippen LogP contribution in [0.25, 0.3) is 22.4 Å². The summed E-state index contributed by atoms with van der Waals surface area (Å²) in [4.78, 5) is 15.3. The van der Waals surface area contributed by atoms with Crippen LogP contribution in [0.5, 0.6) is 0 Å². The smallest absolute Gasteiger partial charge is 0.274 e. The van der Waals surface area contributed by atoms with Gasteiger partial charge in [0.15, 0.2) is 0 Å². The Hall–Kier alpha value is -2.83. The highest BCUT2D eigenvalue weighted by Crippen LogP contribution is 2.22. The van der Waals surface area contributed by atoms with E-state index in [9.17, 15) is 9.18 Å². The molecule has 4 rings (SSSR count). The summed E-state index contributed by atoms with van der Waals surface area (Å²) >= 11 is 0. The van der Waals surface area contributed by atoms with Crippen molar-refractivity contribution in [3.8, 4) is 22.4 Å². The summed E-state index contributed by atoms with van der Waals surface area (Å²) in [5.41, 5.74) is 2.42. The molecular weight excluding hydrogens is 357 g/mol. The van der Waals surface area contributed by atoms with Crippen molar-refractivity contribution < 1.29 is 9.13 Å². The highest BCUT2D eigenvalue weighted by Gasteiger charge is 2.15. The zero-order chi connectivity index (χ0) is 19.3. The second-order valence-electron chi connectivity index (χ2n) is 6.80. The Morgan fingerprint density at radius 1 is 0.929 bits per heavy atom. The van der Waals surface area contributed by atoms with E-state index in [2.05, 4.69) is 10.00 Å². The lowest BCUT2D eigenvalue weighted by Gasteiger charge is -2.26. The van der Waals surface area contributed by atoms with E-state index < -0.39 is 0 Å². The second kappa shape index (κ2) is 8.46. The third-order valence-electron chi connectivity index (χ3n) is 4.91. The Balaban J connectivity index is 1.73. The molecular formula is C22H22FN3O2. The van der Waals surface area contributed by atoms with Gasteiger partial charge in [-0.1, -0.05) is 42.5 Å². The van der Waals surface area contributed by atoms with Crippen molar-refractivity contribution in [2.24, 2.45) is 0 Å². The highest BCUT2D eigenvalue weighted by atomic mass is 19.1. The van der Waals surface area contributed by atoms with Crippen LogP contribution in [0.1, 0.15) is 0 Å². The summed E-state index contributed by atoms with van der Waals surface area (Å²) in [7, 11) is 0. The van der Waals surface area contributed by atoms with Crippen LogP contribution >= 0.6 is 0 Å². The lowest BCUT2D eigenvalue weighted by molar-refractivity contribution is 0.0358. The van der Waals surface area contributed by atoms with Gasteiger partial charge in [0.25, 0.3) is 5.56 Å². The molecule has 0 radical (unpaired) electrons. The van der Waals surface area contributed by atoms with Gasteiger partial charge in [0, 0.05) is 25.2 Å². The topological polar surface area (TPSA) is 47.4 Å². The molecule has 1 fully saturated rings. The molecule has 0 spiro atoms. The first-order valence-electron chi connectivity index (χ1n) is 9.44. The molecule has 0 aliphatic carbocycles. The monoisotopic (exact) mass is 379 g/mol. The number of nitrogens with zero attached hydrogens (tertiary/aromatic N) is 3. The lowest BCUT2D eigenvalue weighted by atomic mass is 10.0. The van der Waals surface area contributed by atoms with Gasteiger partial charge in [-0.2, -0.15) is 5.10 Å². The van der Waals surface area contributed by atoms with E-state index in [-0.39, 0.29) is 11.4 Å². The molecule has 6 heteroatoms.